The van der Waals surface area contributed by atoms with Crippen LogP contribution in [-0.2, 0) is 10.0 Å². The second-order valence-corrected chi connectivity index (χ2v) is 7.80. The molecule has 1 N–H and O–H groups in total. The number of benzene rings is 2. The number of rotatable bonds is 9. The molecule has 2 aromatic carbocycles. The van der Waals surface area contributed by atoms with Crippen LogP contribution in [0.25, 0.3) is 6.08 Å². The van der Waals surface area contributed by atoms with Gasteiger partial charge in [0.15, 0.2) is 0 Å². The number of hydrogen-bond donors (Lipinski definition) is 1. The fourth-order valence-electron chi connectivity index (χ4n) is 2.65. The highest BCUT2D eigenvalue weighted by molar-refractivity contribution is 7.95. The van der Waals surface area contributed by atoms with Gasteiger partial charge in [0.25, 0.3) is 15.9 Å². The molecule has 0 saturated heterocycles. The van der Waals surface area contributed by atoms with Crippen molar-refractivity contribution in [3.63, 3.8) is 0 Å². The number of carbonyl (C=O) groups is 1. The molecule has 0 saturated carbocycles. The van der Waals surface area contributed by atoms with Gasteiger partial charge in [-0.3, -0.25) is 9.52 Å². The van der Waals surface area contributed by atoms with E-state index in [1.807, 2.05) is 49.1 Å². The van der Waals surface area contributed by atoms with E-state index in [1.54, 1.807) is 24.3 Å². The molecule has 0 atom stereocenters. The minimum absolute atomic E-state index is 0.0305. The summed E-state index contributed by atoms with van der Waals surface area (Å²) < 4.78 is 26.9. The molecule has 27 heavy (non-hydrogen) atoms. The highest BCUT2D eigenvalue weighted by Gasteiger charge is 2.14. The van der Waals surface area contributed by atoms with Crippen molar-refractivity contribution >= 4 is 27.7 Å². The van der Waals surface area contributed by atoms with E-state index in [4.69, 9.17) is 0 Å². The Morgan fingerprint density at radius 2 is 1.56 bits per heavy atom. The van der Waals surface area contributed by atoms with Crippen molar-refractivity contribution < 1.29 is 13.2 Å². The number of sulfonamides is 1. The summed E-state index contributed by atoms with van der Waals surface area (Å²) in [5, 5.41) is 1.13. The van der Waals surface area contributed by atoms with E-state index in [0.717, 1.165) is 23.8 Å². The molecule has 0 spiro atoms. The van der Waals surface area contributed by atoms with E-state index < -0.39 is 10.0 Å². The third-order valence-electron chi connectivity index (χ3n) is 3.91. The van der Waals surface area contributed by atoms with E-state index in [2.05, 4.69) is 4.72 Å². The molecular formula is C21H26N2O3S. The minimum Gasteiger partial charge on any atom is -0.339 e. The van der Waals surface area contributed by atoms with Crippen LogP contribution in [0.2, 0.25) is 0 Å². The minimum atomic E-state index is -3.63. The number of nitrogens with one attached hydrogen (secondary N) is 1. The third-order valence-corrected chi connectivity index (χ3v) is 4.92. The summed E-state index contributed by atoms with van der Waals surface area (Å²) in [7, 11) is -3.63. The normalized spacial score (nSPS) is 11.5. The number of nitrogens with zero attached hydrogens (tertiary/aromatic N) is 1. The van der Waals surface area contributed by atoms with Crippen LogP contribution in [-0.4, -0.2) is 32.3 Å². The Morgan fingerprint density at radius 3 is 2.11 bits per heavy atom. The number of anilines is 1. The van der Waals surface area contributed by atoms with Crippen molar-refractivity contribution in [1.82, 2.24) is 4.90 Å². The van der Waals surface area contributed by atoms with Crippen LogP contribution in [0.5, 0.6) is 0 Å². The summed E-state index contributed by atoms with van der Waals surface area (Å²) in [5.74, 6) is -0.0305. The molecule has 0 bridgehead atoms. The van der Waals surface area contributed by atoms with Gasteiger partial charge in [-0.1, -0.05) is 44.2 Å². The SMILES string of the molecule is CCCN(CCC)C(=O)c1ccc(NS(=O)(=O)/C=C/c2ccccc2)cc1. The Bertz CT molecular complexity index is 854. The predicted octanol–water partition coefficient (Wildman–Crippen LogP) is 4.36. The summed E-state index contributed by atoms with van der Waals surface area (Å²) in [6, 6.07) is 15.7. The molecule has 2 aromatic rings. The molecular weight excluding hydrogens is 360 g/mol. The lowest BCUT2D eigenvalue weighted by molar-refractivity contribution is 0.0755. The first-order valence-electron chi connectivity index (χ1n) is 9.10. The van der Waals surface area contributed by atoms with E-state index in [-0.39, 0.29) is 5.91 Å². The number of amides is 1. The molecule has 0 radical (unpaired) electrons. The van der Waals surface area contributed by atoms with Gasteiger partial charge in [-0.25, -0.2) is 8.42 Å². The number of hydrogen-bond acceptors (Lipinski definition) is 3. The largest absolute Gasteiger partial charge is 0.339 e. The molecule has 144 valence electrons. The average molecular weight is 387 g/mol. The molecule has 5 nitrogen and oxygen atoms in total. The standard InChI is InChI=1S/C21H26N2O3S/c1-3-15-23(16-4-2)21(24)19-10-12-20(13-11-19)22-27(25,26)17-14-18-8-6-5-7-9-18/h5-14,17,22H,3-4,15-16H2,1-2H3/b17-14+. The van der Waals surface area contributed by atoms with Crippen molar-refractivity contribution in [3.8, 4) is 0 Å². The van der Waals surface area contributed by atoms with Gasteiger partial charge in [-0.05, 0) is 48.7 Å². The summed E-state index contributed by atoms with van der Waals surface area (Å²) in [4.78, 5) is 14.4. The van der Waals surface area contributed by atoms with Gasteiger partial charge >= 0.3 is 0 Å². The zero-order valence-electron chi connectivity index (χ0n) is 15.8. The lowest BCUT2D eigenvalue weighted by Crippen LogP contribution is -2.32. The van der Waals surface area contributed by atoms with Crippen LogP contribution in [0.3, 0.4) is 0 Å². The van der Waals surface area contributed by atoms with Crippen LogP contribution < -0.4 is 4.72 Å². The number of carbonyl (C=O) groups excluding carboxylic acids is 1. The smallest absolute Gasteiger partial charge is 0.255 e. The molecule has 6 heteroatoms. The average Bonchev–Trinajstić information content (AvgIpc) is 2.67. The molecule has 0 heterocycles. The molecule has 1 amide bonds. The zero-order valence-corrected chi connectivity index (χ0v) is 16.6. The second kappa shape index (κ2) is 9.92. The zero-order chi connectivity index (χ0) is 19.7. The fraction of sp³-hybridized carbons (Fsp3) is 0.286. The summed E-state index contributed by atoms with van der Waals surface area (Å²) >= 11 is 0. The van der Waals surface area contributed by atoms with Crippen molar-refractivity contribution in [2.24, 2.45) is 0 Å². The highest BCUT2D eigenvalue weighted by atomic mass is 32.2. The van der Waals surface area contributed by atoms with Crippen molar-refractivity contribution in [2.75, 3.05) is 17.8 Å². The Hall–Kier alpha value is -2.60. The summed E-state index contributed by atoms with van der Waals surface area (Å²) in [6.07, 6.45) is 3.34. The monoisotopic (exact) mass is 386 g/mol. The maximum Gasteiger partial charge on any atom is 0.255 e. The summed E-state index contributed by atoms with van der Waals surface area (Å²) in [6.45, 7) is 5.50. The Balaban J connectivity index is 2.06. The lowest BCUT2D eigenvalue weighted by Gasteiger charge is -2.21. The Morgan fingerprint density at radius 1 is 0.963 bits per heavy atom. The van der Waals surface area contributed by atoms with Crippen LogP contribution in [0.4, 0.5) is 5.69 Å². The Labute approximate surface area is 161 Å². The molecule has 0 aliphatic carbocycles. The van der Waals surface area contributed by atoms with Crippen LogP contribution in [0.15, 0.2) is 60.0 Å². The van der Waals surface area contributed by atoms with Gasteiger partial charge in [0.1, 0.15) is 0 Å². The van der Waals surface area contributed by atoms with Gasteiger partial charge in [-0.2, -0.15) is 0 Å². The maximum atomic E-state index is 12.6. The first-order chi connectivity index (χ1) is 12.9. The van der Waals surface area contributed by atoms with Gasteiger partial charge in [0.05, 0.1) is 5.41 Å². The third kappa shape index (κ3) is 6.57. The van der Waals surface area contributed by atoms with Crippen molar-refractivity contribution in [2.45, 2.75) is 26.7 Å². The van der Waals surface area contributed by atoms with Gasteiger partial charge in [0.2, 0.25) is 0 Å². The van der Waals surface area contributed by atoms with Gasteiger partial charge in [-0.15, -0.1) is 0 Å². The van der Waals surface area contributed by atoms with E-state index in [1.165, 1.54) is 6.08 Å². The van der Waals surface area contributed by atoms with Gasteiger partial charge < -0.3 is 4.90 Å². The van der Waals surface area contributed by atoms with Crippen molar-refractivity contribution in [1.29, 1.82) is 0 Å². The molecule has 0 aliphatic heterocycles. The van der Waals surface area contributed by atoms with Crippen LogP contribution in [0.1, 0.15) is 42.6 Å². The van der Waals surface area contributed by atoms with E-state index in [0.29, 0.717) is 24.3 Å². The summed E-state index contributed by atoms with van der Waals surface area (Å²) in [5.41, 5.74) is 1.78. The van der Waals surface area contributed by atoms with Crippen LogP contribution >= 0.6 is 0 Å². The predicted molar refractivity (Wildman–Crippen MR) is 111 cm³/mol. The first kappa shape index (κ1) is 20.7. The molecule has 0 unspecified atom stereocenters. The van der Waals surface area contributed by atoms with Gasteiger partial charge in [0, 0.05) is 24.3 Å². The van der Waals surface area contributed by atoms with Crippen molar-refractivity contribution in [3.05, 3.63) is 71.1 Å². The van der Waals surface area contributed by atoms with Crippen LogP contribution in [0, 0.1) is 0 Å². The Kier molecular flexibility index (Phi) is 7.61. The highest BCUT2D eigenvalue weighted by Crippen LogP contribution is 2.15. The van der Waals surface area contributed by atoms with E-state index in [9.17, 15) is 13.2 Å². The quantitative estimate of drug-likeness (QED) is 0.696. The second-order valence-electron chi connectivity index (χ2n) is 6.23. The first-order valence-corrected chi connectivity index (χ1v) is 10.6. The maximum absolute atomic E-state index is 12.6. The lowest BCUT2D eigenvalue weighted by atomic mass is 10.1. The molecule has 0 aliphatic rings. The molecule has 0 fully saturated rings. The fourth-order valence-corrected chi connectivity index (χ4v) is 3.52. The molecule has 2 rings (SSSR count). The molecule has 0 aromatic heterocycles. The van der Waals surface area contributed by atoms with E-state index >= 15 is 0 Å². The topological polar surface area (TPSA) is 66.5 Å².